The van der Waals surface area contributed by atoms with Crippen LogP contribution in [0.15, 0.2) is 90.5 Å². The predicted octanol–water partition coefficient (Wildman–Crippen LogP) is 7.99. The van der Waals surface area contributed by atoms with E-state index in [1.165, 1.54) is 12.1 Å². The average molecular weight is 519 g/mol. The molecule has 1 aliphatic carbocycles. The largest absolute Gasteiger partial charge is 0.494 e. The van der Waals surface area contributed by atoms with Gasteiger partial charge in [0.15, 0.2) is 5.78 Å². The fourth-order valence-corrected chi connectivity index (χ4v) is 5.89. The van der Waals surface area contributed by atoms with Crippen molar-refractivity contribution in [1.29, 1.82) is 0 Å². The molecule has 0 unspecified atom stereocenters. The topological polar surface area (TPSA) is 81.5 Å². The van der Waals surface area contributed by atoms with Crippen LogP contribution < -0.4 is 10.1 Å². The van der Waals surface area contributed by atoms with E-state index in [9.17, 15) is 14.9 Å². The lowest BCUT2D eigenvalue weighted by molar-refractivity contribution is -0.384. The molecule has 0 saturated carbocycles. The van der Waals surface area contributed by atoms with Gasteiger partial charge in [0.1, 0.15) is 5.75 Å². The fourth-order valence-electron chi connectivity index (χ4n) is 5.89. The van der Waals surface area contributed by atoms with Crippen LogP contribution in [0.4, 0.5) is 11.4 Å². The van der Waals surface area contributed by atoms with Crippen LogP contribution in [-0.4, -0.2) is 17.3 Å². The van der Waals surface area contributed by atoms with Gasteiger partial charge in [-0.1, -0.05) is 55.8 Å². The number of unbranched alkanes of at least 4 members (excludes halogenated alkanes) is 1. The third kappa shape index (κ3) is 4.67. The number of benzene rings is 4. The Kier molecular flexibility index (Phi) is 6.61. The van der Waals surface area contributed by atoms with E-state index in [0.717, 1.165) is 69.3 Å². The number of rotatable bonds is 7. The Morgan fingerprint density at radius 3 is 2.41 bits per heavy atom. The number of nitro benzene ring substituents is 1. The Balaban J connectivity index is 1.42. The SMILES string of the molecule is CCCCOc1ccc([C@H]2CC(=O)C3=C(C2)c2c(ccc4ccccc24)N[C@H]3c2ccc([N+](=O)[O-])cc2)cc1. The van der Waals surface area contributed by atoms with E-state index in [1.54, 1.807) is 12.1 Å². The molecule has 0 fully saturated rings. The zero-order chi connectivity index (χ0) is 26.9. The second kappa shape index (κ2) is 10.4. The van der Waals surface area contributed by atoms with E-state index >= 15 is 0 Å². The highest BCUT2D eigenvalue weighted by Gasteiger charge is 2.38. The minimum Gasteiger partial charge on any atom is -0.494 e. The van der Waals surface area contributed by atoms with Crippen molar-refractivity contribution in [3.8, 4) is 5.75 Å². The molecule has 0 radical (unpaired) electrons. The number of Topliss-reactive ketones (excluding diaryl/α,β-unsaturated/α-hetero) is 1. The summed E-state index contributed by atoms with van der Waals surface area (Å²) in [5, 5.41) is 17.1. The molecule has 2 aliphatic rings. The molecule has 0 spiro atoms. The van der Waals surface area contributed by atoms with Crippen molar-refractivity contribution in [2.75, 3.05) is 11.9 Å². The minimum absolute atomic E-state index is 0.0345. The highest BCUT2D eigenvalue weighted by atomic mass is 16.6. The molecule has 6 heteroatoms. The smallest absolute Gasteiger partial charge is 0.269 e. The van der Waals surface area contributed by atoms with Gasteiger partial charge >= 0.3 is 0 Å². The van der Waals surface area contributed by atoms with Gasteiger partial charge in [0.25, 0.3) is 5.69 Å². The standard InChI is InChI=1S/C33H30N2O4/c1-2-3-18-39-26-15-10-21(11-16-26)24-19-28-31-27-7-5-4-6-22(27)12-17-29(31)34-33(32(28)30(36)20-24)23-8-13-25(14-9-23)35(37)38/h4-17,24,33-34H,2-3,18-20H2,1H3/t24-,33+/m1/s1. The Morgan fingerprint density at radius 1 is 0.923 bits per heavy atom. The maximum Gasteiger partial charge on any atom is 0.269 e. The molecular formula is C33H30N2O4. The van der Waals surface area contributed by atoms with Crippen molar-refractivity contribution in [2.24, 2.45) is 0 Å². The molecule has 0 amide bonds. The number of fused-ring (bicyclic) bond motifs is 4. The summed E-state index contributed by atoms with van der Waals surface area (Å²) in [5.41, 5.74) is 5.89. The predicted molar refractivity (Wildman–Crippen MR) is 154 cm³/mol. The van der Waals surface area contributed by atoms with Crippen molar-refractivity contribution in [3.05, 3.63) is 117 Å². The van der Waals surface area contributed by atoms with Crippen molar-refractivity contribution in [1.82, 2.24) is 0 Å². The molecule has 1 heterocycles. The molecule has 4 aromatic rings. The molecule has 1 aliphatic heterocycles. The monoisotopic (exact) mass is 518 g/mol. The first-order chi connectivity index (χ1) is 19.0. The lowest BCUT2D eigenvalue weighted by Crippen LogP contribution is -2.29. The Labute approximate surface area is 227 Å². The molecule has 0 saturated heterocycles. The van der Waals surface area contributed by atoms with E-state index in [-0.39, 0.29) is 23.4 Å². The number of nitro groups is 1. The fraction of sp³-hybridized carbons (Fsp3) is 0.242. The van der Waals surface area contributed by atoms with Crippen molar-refractivity contribution >= 4 is 33.5 Å². The van der Waals surface area contributed by atoms with Crippen LogP contribution in [0, 0.1) is 10.1 Å². The van der Waals surface area contributed by atoms with Crippen LogP contribution in [0.2, 0.25) is 0 Å². The average Bonchev–Trinajstić information content (AvgIpc) is 2.97. The first-order valence-corrected chi connectivity index (χ1v) is 13.6. The third-order valence-electron chi connectivity index (χ3n) is 7.88. The summed E-state index contributed by atoms with van der Waals surface area (Å²) in [6.07, 6.45) is 3.27. The summed E-state index contributed by atoms with van der Waals surface area (Å²) in [6.45, 7) is 2.85. The number of allylic oxidation sites excluding steroid dienone is 1. The molecule has 1 N–H and O–H groups in total. The van der Waals surface area contributed by atoms with Crippen LogP contribution in [-0.2, 0) is 4.79 Å². The van der Waals surface area contributed by atoms with E-state index in [2.05, 4.69) is 48.6 Å². The first kappa shape index (κ1) is 24.9. The van der Waals surface area contributed by atoms with Crippen LogP contribution >= 0.6 is 0 Å². The molecule has 6 nitrogen and oxygen atoms in total. The molecule has 196 valence electrons. The highest BCUT2D eigenvalue weighted by Crippen LogP contribution is 2.51. The summed E-state index contributed by atoms with van der Waals surface area (Å²) >= 11 is 0. The lowest BCUT2D eigenvalue weighted by Gasteiger charge is -2.37. The second-order valence-electron chi connectivity index (χ2n) is 10.3. The number of hydrogen-bond acceptors (Lipinski definition) is 5. The number of hydrogen-bond donors (Lipinski definition) is 1. The maximum atomic E-state index is 13.9. The summed E-state index contributed by atoms with van der Waals surface area (Å²) in [4.78, 5) is 24.8. The Bertz CT molecular complexity index is 1590. The maximum absolute atomic E-state index is 13.9. The summed E-state index contributed by atoms with van der Waals surface area (Å²) in [5.74, 6) is 1.02. The zero-order valence-electron chi connectivity index (χ0n) is 21.9. The van der Waals surface area contributed by atoms with Gasteiger partial charge in [-0.2, -0.15) is 0 Å². The minimum atomic E-state index is -0.402. The molecule has 2 atom stereocenters. The van der Waals surface area contributed by atoms with E-state index in [0.29, 0.717) is 13.0 Å². The molecule has 6 rings (SSSR count). The molecular weight excluding hydrogens is 488 g/mol. The molecule has 39 heavy (non-hydrogen) atoms. The van der Waals surface area contributed by atoms with E-state index in [4.69, 9.17) is 4.74 Å². The van der Waals surface area contributed by atoms with Crippen molar-refractivity contribution in [2.45, 2.75) is 44.6 Å². The summed E-state index contributed by atoms with van der Waals surface area (Å²) in [7, 11) is 0. The highest BCUT2D eigenvalue weighted by molar-refractivity contribution is 6.13. The Hall–Kier alpha value is -4.45. The Morgan fingerprint density at radius 2 is 1.67 bits per heavy atom. The summed E-state index contributed by atoms with van der Waals surface area (Å²) < 4.78 is 5.85. The van der Waals surface area contributed by atoms with Crippen molar-refractivity contribution in [3.63, 3.8) is 0 Å². The van der Waals surface area contributed by atoms with Gasteiger partial charge in [-0.25, -0.2) is 0 Å². The molecule has 0 aromatic heterocycles. The van der Waals surface area contributed by atoms with E-state index in [1.807, 2.05) is 24.3 Å². The molecule has 4 aromatic carbocycles. The van der Waals surface area contributed by atoms with Crippen LogP contribution in [0.5, 0.6) is 5.75 Å². The summed E-state index contributed by atoms with van der Waals surface area (Å²) in [6, 6.07) is 26.8. The van der Waals surface area contributed by atoms with Gasteiger partial charge in [-0.15, -0.1) is 0 Å². The number of carbonyl (C=O) groups is 1. The van der Waals surface area contributed by atoms with Crippen LogP contribution in [0.1, 0.15) is 61.3 Å². The van der Waals surface area contributed by atoms with E-state index < -0.39 is 4.92 Å². The van der Waals surface area contributed by atoms with Crippen LogP contribution in [0.25, 0.3) is 16.3 Å². The number of ketones is 1. The number of nitrogens with one attached hydrogen (secondary N) is 1. The first-order valence-electron chi connectivity index (χ1n) is 13.6. The van der Waals surface area contributed by atoms with Crippen molar-refractivity contribution < 1.29 is 14.5 Å². The number of carbonyl (C=O) groups excluding carboxylic acids is 1. The normalized spacial score (nSPS) is 18.3. The van der Waals surface area contributed by atoms with Gasteiger partial charge in [0, 0.05) is 35.4 Å². The van der Waals surface area contributed by atoms with Gasteiger partial charge in [0.2, 0.25) is 0 Å². The number of ether oxygens (including phenoxy) is 1. The van der Waals surface area contributed by atoms with Crippen LogP contribution in [0.3, 0.4) is 0 Å². The van der Waals surface area contributed by atoms with Gasteiger partial charge < -0.3 is 10.1 Å². The lowest BCUT2D eigenvalue weighted by atomic mass is 9.71. The van der Waals surface area contributed by atoms with Gasteiger partial charge in [-0.05, 0) is 76.6 Å². The second-order valence-corrected chi connectivity index (χ2v) is 10.3. The molecule has 0 bridgehead atoms. The number of anilines is 1. The van der Waals surface area contributed by atoms with Gasteiger partial charge in [0.05, 0.1) is 17.6 Å². The zero-order valence-corrected chi connectivity index (χ0v) is 21.9. The third-order valence-corrected chi connectivity index (χ3v) is 7.88. The number of non-ortho nitro benzene ring substituents is 1. The quantitative estimate of drug-likeness (QED) is 0.152. The number of nitrogens with zero attached hydrogens (tertiary/aromatic N) is 1. The van der Waals surface area contributed by atoms with Gasteiger partial charge in [-0.3, -0.25) is 14.9 Å².